The van der Waals surface area contributed by atoms with Crippen molar-refractivity contribution in [3.63, 3.8) is 0 Å². The van der Waals surface area contributed by atoms with Gasteiger partial charge in [-0.3, -0.25) is 9.67 Å². The van der Waals surface area contributed by atoms with Gasteiger partial charge in [0.1, 0.15) is 11.6 Å². The molecule has 2 aromatic carbocycles. The number of nitriles is 1. The van der Waals surface area contributed by atoms with Crippen LogP contribution in [0.15, 0.2) is 78.2 Å². The first kappa shape index (κ1) is 26.9. The molecule has 2 atom stereocenters. The second-order valence-electron chi connectivity index (χ2n) is 10.1. The van der Waals surface area contributed by atoms with Gasteiger partial charge < -0.3 is 15.8 Å². The molecule has 2 aromatic heterocycles. The van der Waals surface area contributed by atoms with Crippen molar-refractivity contribution in [2.45, 2.75) is 51.1 Å². The van der Waals surface area contributed by atoms with Gasteiger partial charge in [-0.15, -0.1) is 0 Å². The molecule has 0 aliphatic heterocycles. The molecular formula is C31H34N8O. The Labute approximate surface area is 234 Å². The number of ether oxygens (including phenoxy) is 1. The van der Waals surface area contributed by atoms with E-state index >= 15 is 0 Å². The van der Waals surface area contributed by atoms with E-state index in [1.807, 2.05) is 78.6 Å². The van der Waals surface area contributed by atoms with Crippen LogP contribution < -0.4 is 15.8 Å². The summed E-state index contributed by atoms with van der Waals surface area (Å²) >= 11 is 0. The van der Waals surface area contributed by atoms with E-state index in [4.69, 9.17) is 20.4 Å². The molecule has 0 radical (unpaired) electrons. The van der Waals surface area contributed by atoms with Gasteiger partial charge in [-0.25, -0.2) is 9.97 Å². The fourth-order valence-electron chi connectivity index (χ4n) is 5.29. The van der Waals surface area contributed by atoms with Crippen molar-refractivity contribution in [3.05, 3.63) is 84.3 Å². The summed E-state index contributed by atoms with van der Waals surface area (Å²) in [5.74, 6) is 2.19. The molecular weight excluding hydrogens is 500 g/mol. The number of nitrogens with zero attached hydrogens (tertiary/aromatic N) is 6. The molecule has 204 valence electrons. The predicted octanol–water partition coefficient (Wildman–Crippen LogP) is 6.20. The van der Waals surface area contributed by atoms with Crippen molar-refractivity contribution >= 4 is 17.5 Å². The maximum Gasteiger partial charge on any atom is 0.227 e. The molecule has 3 N–H and O–H groups in total. The molecule has 0 saturated heterocycles. The molecule has 1 aliphatic rings. The number of amidine groups is 1. The summed E-state index contributed by atoms with van der Waals surface area (Å²) < 4.78 is 7.28. The Morgan fingerprint density at radius 2 is 2.02 bits per heavy atom. The Morgan fingerprint density at radius 1 is 1.20 bits per heavy atom. The fraction of sp³-hybridized carbons (Fsp3) is 0.323. The van der Waals surface area contributed by atoms with Gasteiger partial charge in [0.2, 0.25) is 5.95 Å². The minimum absolute atomic E-state index is 0.0992. The number of benzene rings is 2. The molecule has 0 amide bonds. The lowest BCUT2D eigenvalue weighted by molar-refractivity contribution is 0.315. The monoisotopic (exact) mass is 534 g/mol. The molecule has 0 spiro atoms. The summed E-state index contributed by atoms with van der Waals surface area (Å²) in [6.07, 6.45) is 10.7. The summed E-state index contributed by atoms with van der Waals surface area (Å²) in [5.41, 5.74) is 10.7. The summed E-state index contributed by atoms with van der Waals surface area (Å²) in [6.45, 7) is 2.00. The van der Waals surface area contributed by atoms with Crippen LogP contribution in [0.1, 0.15) is 62.2 Å². The van der Waals surface area contributed by atoms with Gasteiger partial charge in [-0.1, -0.05) is 37.1 Å². The average Bonchev–Trinajstić information content (AvgIpc) is 3.70. The predicted molar refractivity (Wildman–Crippen MR) is 156 cm³/mol. The Bertz CT molecular complexity index is 1520. The molecule has 0 bridgehead atoms. The lowest BCUT2D eigenvalue weighted by atomic mass is 9.96. The average molecular weight is 535 g/mol. The lowest BCUT2D eigenvalue weighted by Gasteiger charge is -2.21. The van der Waals surface area contributed by atoms with E-state index in [1.165, 1.54) is 12.8 Å². The maximum atomic E-state index is 9.39. The van der Waals surface area contributed by atoms with Crippen LogP contribution in [0.25, 0.3) is 11.3 Å². The Morgan fingerprint density at radius 3 is 2.83 bits per heavy atom. The fourth-order valence-corrected chi connectivity index (χ4v) is 5.29. The van der Waals surface area contributed by atoms with Gasteiger partial charge in [-0.05, 0) is 61.6 Å². The smallest absolute Gasteiger partial charge is 0.227 e. The highest BCUT2D eigenvalue weighted by Gasteiger charge is 2.27. The third-order valence-corrected chi connectivity index (χ3v) is 7.46. The summed E-state index contributed by atoms with van der Waals surface area (Å²) in [5, 5.41) is 17.3. The molecule has 2 unspecified atom stereocenters. The topological polar surface area (TPSA) is 127 Å². The number of anilines is 2. The summed E-state index contributed by atoms with van der Waals surface area (Å²) in [7, 11) is 1.65. The van der Waals surface area contributed by atoms with Gasteiger partial charge >= 0.3 is 0 Å². The quantitative estimate of drug-likeness (QED) is 0.183. The number of hydrogen-bond acceptors (Lipinski definition) is 7. The van der Waals surface area contributed by atoms with E-state index in [2.05, 4.69) is 21.5 Å². The lowest BCUT2D eigenvalue weighted by Crippen LogP contribution is -2.17. The zero-order valence-corrected chi connectivity index (χ0v) is 22.9. The van der Waals surface area contributed by atoms with Crippen molar-refractivity contribution < 1.29 is 4.74 Å². The highest BCUT2D eigenvalue weighted by atomic mass is 16.5. The third-order valence-electron chi connectivity index (χ3n) is 7.46. The Hall–Kier alpha value is -4.71. The molecule has 40 heavy (non-hydrogen) atoms. The van der Waals surface area contributed by atoms with E-state index in [9.17, 15) is 5.26 Å². The molecule has 4 aromatic rings. The molecule has 9 heteroatoms. The SMILES string of the molecule is COc1cccc(C(C)N=C(N)c2cccc(Nc3nccc(-c4cnn(C(CC#N)C5CCCC5)c4)n3)c2)c1. The van der Waals surface area contributed by atoms with Gasteiger partial charge in [0.15, 0.2) is 0 Å². The summed E-state index contributed by atoms with van der Waals surface area (Å²) in [6, 6.07) is 19.7. The standard InChI is InChI=1S/C31H34N8O/c1-21(23-9-6-12-27(18-23)40-2)36-30(33)24-10-5-11-26(17-24)37-31-34-16-14-28(38-31)25-19-35-39(20-25)29(13-15-32)22-7-3-4-8-22/h5-6,9-12,14,16-22,29H,3-4,7-8,13H2,1-2H3,(H2,33,36)(H,34,37,38). The highest BCUT2D eigenvalue weighted by Crippen LogP contribution is 2.36. The first-order chi connectivity index (χ1) is 19.5. The first-order valence-corrected chi connectivity index (χ1v) is 13.6. The third kappa shape index (κ3) is 6.29. The van der Waals surface area contributed by atoms with Crippen LogP contribution in [-0.4, -0.2) is 32.7 Å². The zero-order chi connectivity index (χ0) is 27.9. The number of aromatic nitrogens is 4. The number of nitrogens with two attached hydrogens (primary N) is 1. The number of hydrogen-bond donors (Lipinski definition) is 2. The number of nitrogens with one attached hydrogen (secondary N) is 1. The minimum Gasteiger partial charge on any atom is -0.497 e. The zero-order valence-electron chi connectivity index (χ0n) is 22.9. The van der Waals surface area contributed by atoms with Crippen molar-refractivity contribution in [2.24, 2.45) is 16.6 Å². The molecule has 2 heterocycles. The molecule has 5 rings (SSSR count). The van der Waals surface area contributed by atoms with E-state index in [0.29, 0.717) is 24.1 Å². The largest absolute Gasteiger partial charge is 0.497 e. The van der Waals surface area contributed by atoms with Crippen LogP contribution in [0.5, 0.6) is 5.75 Å². The molecule has 9 nitrogen and oxygen atoms in total. The Kier molecular flexibility index (Phi) is 8.35. The number of rotatable bonds is 10. The second kappa shape index (κ2) is 12.4. The number of methoxy groups -OCH3 is 1. The van der Waals surface area contributed by atoms with E-state index in [-0.39, 0.29) is 12.1 Å². The minimum atomic E-state index is -0.130. The van der Waals surface area contributed by atoms with Crippen molar-refractivity contribution in [1.82, 2.24) is 19.7 Å². The Balaban J connectivity index is 1.31. The van der Waals surface area contributed by atoms with Crippen molar-refractivity contribution in [3.8, 4) is 23.1 Å². The van der Waals surface area contributed by atoms with E-state index < -0.39 is 0 Å². The van der Waals surface area contributed by atoms with Gasteiger partial charge in [0.25, 0.3) is 0 Å². The molecule has 1 saturated carbocycles. The van der Waals surface area contributed by atoms with Crippen LogP contribution in [0, 0.1) is 17.2 Å². The van der Waals surface area contributed by atoms with Crippen LogP contribution in [0.3, 0.4) is 0 Å². The number of aliphatic imine (C=N–C) groups is 1. The van der Waals surface area contributed by atoms with Crippen LogP contribution in [0.4, 0.5) is 11.6 Å². The second-order valence-corrected chi connectivity index (χ2v) is 10.1. The van der Waals surface area contributed by atoms with Crippen molar-refractivity contribution in [2.75, 3.05) is 12.4 Å². The van der Waals surface area contributed by atoms with Crippen LogP contribution in [0.2, 0.25) is 0 Å². The van der Waals surface area contributed by atoms with Gasteiger partial charge in [0, 0.05) is 29.2 Å². The normalized spacial score (nSPS) is 15.4. The highest BCUT2D eigenvalue weighted by molar-refractivity contribution is 5.98. The van der Waals surface area contributed by atoms with E-state index in [0.717, 1.165) is 46.7 Å². The van der Waals surface area contributed by atoms with Gasteiger partial charge in [-0.2, -0.15) is 10.4 Å². The van der Waals surface area contributed by atoms with Crippen molar-refractivity contribution in [1.29, 1.82) is 5.26 Å². The van der Waals surface area contributed by atoms with Gasteiger partial charge in [0.05, 0.1) is 43.6 Å². The summed E-state index contributed by atoms with van der Waals surface area (Å²) in [4.78, 5) is 13.8. The van der Waals surface area contributed by atoms with E-state index in [1.54, 1.807) is 13.3 Å². The maximum absolute atomic E-state index is 9.39. The first-order valence-electron chi connectivity index (χ1n) is 13.6. The van der Waals surface area contributed by atoms with Crippen LogP contribution in [-0.2, 0) is 0 Å². The molecule has 1 aliphatic carbocycles. The molecule has 1 fully saturated rings. The van der Waals surface area contributed by atoms with Crippen LogP contribution >= 0.6 is 0 Å².